The molecule has 11 heteroatoms. The fourth-order valence-electron chi connectivity index (χ4n) is 5.77. The molecule has 0 aromatic heterocycles. The van der Waals surface area contributed by atoms with Gasteiger partial charge in [-0.3, -0.25) is 9.59 Å². The molecule has 3 aliphatic carbocycles. The van der Waals surface area contributed by atoms with Crippen molar-refractivity contribution in [2.45, 2.75) is 56.8 Å². The summed E-state index contributed by atoms with van der Waals surface area (Å²) in [4.78, 5) is 35.4. The average molecular weight is 531 g/mol. The van der Waals surface area contributed by atoms with E-state index in [-0.39, 0.29) is 52.2 Å². The minimum Gasteiger partial charge on any atom is -0.484 e. The van der Waals surface area contributed by atoms with E-state index >= 15 is 0 Å². The van der Waals surface area contributed by atoms with Crippen molar-refractivity contribution in [3.8, 4) is 17.2 Å². The van der Waals surface area contributed by atoms with Crippen LogP contribution in [-0.2, 0) is 4.79 Å². The van der Waals surface area contributed by atoms with Gasteiger partial charge in [-0.2, -0.15) is 0 Å². The number of amides is 2. The third kappa shape index (κ3) is 5.51. The summed E-state index contributed by atoms with van der Waals surface area (Å²) < 4.78 is 40.4. The molecular weight excluding hydrogens is 502 g/mol. The van der Waals surface area contributed by atoms with E-state index in [0.717, 1.165) is 44.9 Å². The molecule has 0 saturated heterocycles. The molecule has 1 heterocycles. The SMILES string of the molecule is O=C(COc1ccc2c(c1)OC(F)(F)O2)NC12CC(CCCCCNC(=O)c3ccc(C(=O)O)cc3)(C1)C2. The summed E-state index contributed by atoms with van der Waals surface area (Å²) in [6.45, 7) is 0.332. The number of nitrogens with one attached hydrogen (secondary N) is 2. The Morgan fingerprint density at radius 3 is 2.32 bits per heavy atom. The van der Waals surface area contributed by atoms with Gasteiger partial charge in [0.05, 0.1) is 5.56 Å². The van der Waals surface area contributed by atoms with Crippen molar-refractivity contribution in [3.63, 3.8) is 0 Å². The van der Waals surface area contributed by atoms with E-state index in [1.807, 2.05) is 0 Å². The molecule has 0 spiro atoms. The monoisotopic (exact) mass is 530 g/mol. The molecule has 38 heavy (non-hydrogen) atoms. The van der Waals surface area contributed by atoms with E-state index < -0.39 is 12.3 Å². The number of benzene rings is 2. The lowest BCUT2D eigenvalue weighted by Crippen LogP contribution is -2.74. The first kappa shape index (κ1) is 25.7. The second-order valence-corrected chi connectivity index (χ2v) is 10.4. The van der Waals surface area contributed by atoms with Gasteiger partial charge in [-0.15, -0.1) is 8.78 Å². The van der Waals surface area contributed by atoms with Gasteiger partial charge in [-0.05, 0) is 73.9 Å². The van der Waals surface area contributed by atoms with Crippen LogP contribution >= 0.6 is 0 Å². The number of fused-ring (bicyclic) bond motifs is 1. The van der Waals surface area contributed by atoms with Gasteiger partial charge in [0.1, 0.15) is 5.75 Å². The first-order valence-corrected chi connectivity index (χ1v) is 12.5. The Morgan fingerprint density at radius 2 is 1.61 bits per heavy atom. The number of carbonyl (C=O) groups is 3. The number of aromatic carboxylic acids is 1. The second-order valence-electron chi connectivity index (χ2n) is 10.4. The highest BCUT2D eigenvalue weighted by Gasteiger charge is 2.67. The zero-order chi connectivity index (χ0) is 27.0. The molecule has 4 aliphatic rings. The summed E-state index contributed by atoms with van der Waals surface area (Å²) in [5.74, 6) is -1.48. The van der Waals surface area contributed by atoms with Crippen LogP contribution in [0.3, 0.4) is 0 Å². The maximum Gasteiger partial charge on any atom is 0.586 e. The van der Waals surface area contributed by atoms with Gasteiger partial charge >= 0.3 is 12.3 Å². The van der Waals surface area contributed by atoms with E-state index in [0.29, 0.717) is 12.1 Å². The van der Waals surface area contributed by atoms with E-state index in [1.165, 1.54) is 42.5 Å². The number of ether oxygens (including phenoxy) is 3. The number of unbranched alkanes of at least 4 members (excludes halogenated alkanes) is 2. The number of carbonyl (C=O) groups excluding carboxylic acids is 2. The Bertz CT molecular complexity index is 1230. The molecule has 1 aliphatic heterocycles. The van der Waals surface area contributed by atoms with Crippen molar-refractivity contribution in [3.05, 3.63) is 53.6 Å². The number of hydrogen-bond acceptors (Lipinski definition) is 6. The standard InChI is InChI=1S/C27H28F2N2O7/c28-27(29)37-20-9-8-19(12-21(20)38-27)36-13-22(32)31-26-14-25(15-26,16-26)10-2-1-3-11-30-23(33)17-4-6-18(7-5-17)24(34)35/h4-9,12H,1-3,10-11,13-16H2,(H,30,33)(H,31,32)(H,34,35). The molecule has 2 bridgehead atoms. The number of carboxylic acid groups (broad SMARTS) is 1. The summed E-state index contributed by atoms with van der Waals surface area (Å²) in [5, 5.41) is 14.8. The molecule has 2 aromatic carbocycles. The van der Waals surface area contributed by atoms with Crippen molar-refractivity contribution >= 4 is 17.8 Å². The number of halogens is 2. The Balaban J connectivity index is 0.935. The molecule has 2 aromatic rings. The highest BCUT2D eigenvalue weighted by Crippen LogP contribution is 2.69. The molecule has 0 radical (unpaired) electrons. The van der Waals surface area contributed by atoms with Gasteiger partial charge in [-0.25, -0.2) is 4.79 Å². The van der Waals surface area contributed by atoms with Crippen molar-refractivity contribution in [1.29, 1.82) is 0 Å². The molecule has 0 unspecified atom stereocenters. The van der Waals surface area contributed by atoms with Crippen LogP contribution in [-0.4, -0.2) is 47.9 Å². The predicted molar refractivity (Wildman–Crippen MR) is 130 cm³/mol. The molecule has 6 rings (SSSR count). The van der Waals surface area contributed by atoms with Gasteiger partial charge in [0.2, 0.25) is 0 Å². The molecule has 9 nitrogen and oxygen atoms in total. The summed E-state index contributed by atoms with van der Waals surface area (Å²) in [7, 11) is 0. The fourth-order valence-corrected chi connectivity index (χ4v) is 5.77. The van der Waals surface area contributed by atoms with Crippen LogP contribution in [0, 0.1) is 5.41 Å². The first-order valence-electron chi connectivity index (χ1n) is 12.5. The highest BCUT2D eigenvalue weighted by atomic mass is 19.3. The molecule has 0 atom stereocenters. The van der Waals surface area contributed by atoms with E-state index in [4.69, 9.17) is 9.84 Å². The van der Waals surface area contributed by atoms with Gasteiger partial charge in [-0.1, -0.05) is 12.8 Å². The van der Waals surface area contributed by atoms with Crippen molar-refractivity contribution in [2.75, 3.05) is 13.2 Å². The number of alkyl halides is 2. The largest absolute Gasteiger partial charge is 0.586 e. The third-order valence-corrected chi connectivity index (χ3v) is 7.35. The fraction of sp³-hybridized carbons (Fsp3) is 0.444. The van der Waals surface area contributed by atoms with Crippen LogP contribution in [0.4, 0.5) is 8.78 Å². The second kappa shape index (κ2) is 9.77. The van der Waals surface area contributed by atoms with Crippen molar-refractivity contribution < 1.29 is 42.5 Å². The minimum atomic E-state index is -3.70. The lowest BCUT2D eigenvalue weighted by atomic mass is 9.38. The highest BCUT2D eigenvalue weighted by molar-refractivity contribution is 5.95. The lowest BCUT2D eigenvalue weighted by Gasteiger charge is -2.71. The van der Waals surface area contributed by atoms with Gasteiger partial charge < -0.3 is 30.0 Å². The maximum atomic E-state index is 13.1. The van der Waals surface area contributed by atoms with Gasteiger partial charge in [0.15, 0.2) is 18.1 Å². The zero-order valence-corrected chi connectivity index (χ0v) is 20.6. The molecule has 3 fully saturated rings. The summed E-state index contributed by atoms with van der Waals surface area (Å²) >= 11 is 0. The van der Waals surface area contributed by atoms with Crippen LogP contribution in [0.15, 0.2) is 42.5 Å². The Hall–Kier alpha value is -3.89. The van der Waals surface area contributed by atoms with Crippen LogP contribution in [0.25, 0.3) is 0 Å². The summed E-state index contributed by atoms with van der Waals surface area (Å²) in [5.41, 5.74) is 0.693. The lowest BCUT2D eigenvalue weighted by molar-refractivity contribution is -0.286. The smallest absolute Gasteiger partial charge is 0.484 e. The molecule has 3 saturated carbocycles. The first-order chi connectivity index (χ1) is 18.1. The maximum absolute atomic E-state index is 13.1. The average Bonchev–Trinajstić information content (AvgIpc) is 3.15. The van der Waals surface area contributed by atoms with Gasteiger partial charge in [0.25, 0.3) is 11.8 Å². The topological polar surface area (TPSA) is 123 Å². The summed E-state index contributed by atoms with van der Waals surface area (Å²) in [6.07, 6.45) is 3.07. The van der Waals surface area contributed by atoms with Crippen LogP contribution in [0.5, 0.6) is 17.2 Å². The van der Waals surface area contributed by atoms with E-state index in [2.05, 4.69) is 20.1 Å². The van der Waals surface area contributed by atoms with Crippen molar-refractivity contribution in [1.82, 2.24) is 10.6 Å². The van der Waals surface area contributed by atoms with Gasteiger partial charge in [0, 0.05) is 23.7 Å². The van der Waals surface area contributed by atoms with E-state index in [1.54, 1.807) is 0 Å². The van der Waals surface area contributed by atoms with Crippen LogP contribution < -0.4 is 24.8 Å². The predicted octanol–water partition coefficient (Wildman–Crippen LogP) is 4.11. The third-order valence-electron chi connectivity index (χ3n) is 7.35. The van der Waals surface area contributed by atoms with E-state index in [9.17, 15) is 23.2 Å². The number of hydrogen-bond donors (Lipinski definition) is 3. The number of rotatable bonds is 12. The molecule has 202 valence electrons. The molecule has 2 amide bonds. The Kier molecular flexibility index (Phi) is 6.62. The van der Waals surface area contributed by atoms with Crippen LogP contribution in [0.1, 0.15) is 65.7 Å². The zero-order valence-electron chi connectivity index (χ0n) is 20.6. The number of carboxylic acids is 1. The Morgan fingerprint density at radius 1 is 0.921 bits per heavy atom. The quantitative estimate of drug-likeness (QED) is 0.353. The Labute approximate surface area is 217 Å². The minimum absolute atomic E-state index is 0.0829. The molecule has 3 N–H and O–H groups in total. The van der Waals surface area contributed by atoms with Crippen LogP contribution in [0.2, 0.25) is 0 Å². The van der Waals surface area contributed by atoms with Crippen molar-refractivity contribution in [2.24, 2.45) is 5.41 Å². The normalized spacial score (nSPS) is 23.5. The summed E-state index contributed by atoms with van der Waals surface area (Å²) in [6, 6.07) is 9.85. The molecular formula is C27H28F2N2O7.